The molecule has 2 aromatic rings. The van der Waals surface area contributed by atoms with E-state index in [0.717, 1.165) is 5.69 Å². The third-order valence-electron chi connectivity index (χ3n) is 1.61. The first-order chi connectivity index (χ1) is 6.27. The summed E-state index contributed by atoms with van der Waals surface area (Å²) in [4.78, 5) is 3.87. The van der Waals surface area contributed by atoms with E-state index >= 15 is 0 Å². The predicted molar refractivity (Wildman–Crippen MR) is 50.8 cm³/mol. The number of aromatic nitrogens is 3. The van der Waals surface area contributed by atoms with E-state index in [1.807, 2.05) is 0 Å². The maximum atomic E-state index is 5.90. The molecule has 66 valence electrons. The minimum absolute atomic E-state index is 0.466. The lowest BCUT2D eigenvalue weighted by Gasteiger charge is -2.01. The van der Waals surface area contributed by atoms with E-state index in [1.54, 1.807) is 35.4 Å². The van der Waals surface area contributed by atoms with Crippen molar-refractivity contribution < 1.29 is 0 Å². The van der Waals surface area contributed by atoms with Gasteiger partial charge in [-0.05, 0) is 6.07 Å². The zero-order chi connectivity index (χ0) is 9.26. The van der Waals surface area contributed by atoms with Crippen LogP contribution in [-0.4, -0.2) is 14.8 Å². The molecule has 0 aliphatic heterocycles. The first kappa shape index (κ1) is 8.07. The fraction of sp³-hybridized carbons (Fsp3) is 0. The Morgan fingerprint density at radius 2 is 2.23 bits per heavy atom. The normalized spacial score (nSPS) is 10.2. The van der Waals surface area contributed by atoms with Gasteiger partial charge in [0.05, 0.1) is 10.7 Å². The van der Waals surface area contributed by atoms with Gasteiger partial charge in [-0.3, -0.25) is 4.98 Å². The molecule has 0 fully saturated rings. The monoisotopic (exact) mass is 194 g/mol. The van der Waals surface area contributed by atoms with Gasteiger partial charge in [-0.2, -0.15) is 5.10 Å². The molecule has 0 aliphatic carbocycles. The number of halogens is 1. The van der Waals surface area contributed by atoms with Crippen molar-refractivity contribution in [2.24, 2.45) is 0 Å². The van der Waals surface area contributed by atoms with Gasteiger partial charge in [0.2, 0.25) is 0 Å². The molecule has 0 aliphatic rings. The van der Waals surface area contributed by atoms with Crippen LogP contribution in [0, 0.1) is 0 Å². The van der Waals surface area contributed by atoms with Crippen molar-refractivity contribution >= 4 is 17.4 Å². The molecule has 0 bridgehead atoms. The first-order valence-corrected chi connectivity index (χ1v) is 4.06. The van der Waals surface area contributed by atoms with Crippen molar-refractivity contribution in [3.05, 3.63) is 35.7 Å². The molecule has 13 heavy (non-hydrogen) atoms. The molecule has 0 spiro atoms. The molecule has 0 unspecified atom stereocenters. The third kappa shape index (κ3) is 1.48. The minimum atomic E-state index is 0.466. The number of nitrogen functional groups attached to an aromatic ring is 1. The quantitative estimate of drug-likeness (QED) is 0.749. The first-order valence-electron chi connectivity index (χ1n) is 3.68. The number of anilines is 1. The number of nitrogens with zero attached hydrogens (tertiary/aromatic N) is 3. The maximum absolute atomic E-state index is 5.90. The van der Waals surface area contributed by atoms with Crippen molar-refractivity contribution in [2.75, 3.05) is 5.73 Å². The van der Waals surface area contributed by atoms with Crippen LogP contribution in [0.3, 0.4) is 0 Å². The summed E-state index contributed by atoms with van der Waals surface area (Å²) >= 11 is 5.90. The van der Waals surface area contributed by atoms with Crippen molar-refractivity contribution in [2.45, 2.75) is 0 Å². The van der Waals surface area contributed by atoms with Gasteiger partial charge in [-0.1, -0.05) is 11.6 Å². The van der Waals surface area contributed by atoms with E-state index in [0.29, 0.717) is 10.8 Å². The molecule has 4 nitrogen and oxygen atoms in total. The topological polar surface area (TPSA) is 56.7 Å². The molecule has 2 aromatic heterocycles. The molecular formula is C8H7ClN4. The second kappa shape index (κ2) is 3.06. The smallest absolute Gasteiger partial charge is 0.145 e. The molecule has 2 N–H and O–H groups in total. The van der Waals surface area contributed by atoms with E-state index < -0.39 is 0 Å². The molecule has 5 heteroatoms. The van der Waals surface area contributed by atoms with Crippen LogP contribution in [-0.2, 0) is 0 Å². The fourth-order valence-corrected chi connectivity index (χ4v) is 1.23. The summed E-state index contributed by atoms with van der Waals surface area (Å²) in [6.45, 7) is 0. The van der Waals surface area contributed by atoms with Gasteiger partial charge in [0.1, 0.15) is 5.82 Å². The number of rotatable bonds is 1. The van der Waals surface area contributed by atoms with Crippen molar-refractivity contribution in [3.8, 4) is 5.69 Å². The summed E-state index contributed by atoms with van der Waals surface area (Å²) in [7, 11) is 0. The Morgan fingerprint density at radius 3 is 2.85 bits per heavy atom. The molecule has 0 radical (unpaired) electrons. The van der Waals surface area contributed by atoms with Gasteiger partial charge in [-0.15, -0.1) is 0 Å². The third-order valence-corrected chi connectivity index (χ3v) is 1.90. The highest BCUT2D eigenvalue weighted by Crippen LogP contribution is 2.17. The van der Waals surface area contributed by atoms with Crippen LogP contribution >= 0.6 is 11.6 Å². The standard InChI is InChI=1S/C8H7ClN4/c9-6-5-11-3-1-7(6)13-4-2-8(10)12-13/h1-5H,(H2,10,12). The Hall–Kier alpha value is -1.55. The van der Waals surface area contributed by atoms with Gasteiger partial charge in [0.25, 0.3) is 0 Å². The van der Waals surface area contributed by atoms with E-state index in [9.17, 15) is 0 Å². The van der Waals surface area contributed by atoms with Crippen LogP contribution in [0.4, 0.5) is 5.82 Å². The summed E-state index contributed by atoms with van der Waals surface area (Å²) in [6, 6.07) is 3.48. The lowest BCUT2D eigenvalue weighted by Crippen LogP contribution is -1.97. The second-order valence-corrected chi connectivity index (χ2v) is 2.92. The van der Waals surface area contributed by atoms with Gasteiger partial charge in [0, 0.05) is 24.7 Å². The summed E-state index contributed by atoms with van der Waals surface area (Å²) in [5.74, 6) is 0.466. The summed E-state index contributed by atoms with van der Waals surface area (Å²) < 4.78 is 1.61. The van der Waals surface area contributed by atoms with E-state index in [4.69, 9.17) is 17.3 Å². The zero-order valence-corrected chi connectivity index (χ0v) is 7.44. The second-order valence-electron chi connectivity index (χ2n) is 2.51. The van der Waals surface area contributed by atoms with Crippen LogP contribution in [0.1, 0.15) is 0 Å². The molecule has 2 rings (SSSR count). The van der Waals surface area contributed by atoms with Crippen LogP contribution < -0.4 is 5.73 Å². The Kier molecular flexibility index (Phi) is 1.90. The van der Waals surface area contributed by atoms with Gasteiger partial charge < -0.3 is 5.73 Å². The van der Waals surface area contributed by atoms with Crippen LogP contribution in [0.25, 0.3) is 5.69 Å². The van der Waals surface area contributed by atoms with E-state index in [1.165, 1.54) is 0 Å². The summed E-state index contributed by atoms with van der Waals surface area (Å²) in [6.07, 6.45) is 4.96. The Morgan fingerprint density at radius 1 is 1.38 bits per heavy atom. The van der Waals surface area contributed by atoms with Crippen molar-refractivity contribution in [1.82, 2.24) is 14.8 Å². The SMILES string of the molecule is Nc1ccn(-c2ccncc2Cl)n1. The van der Waals surface area contributed by atoms with Crippen LogP contribution in [0.15, 0.2) is 30.7 Å². The van der Waals surface area contributed by atoms with Gasteiger partial charge in [-0.25, -0.2) is 4.68 Å². The van der Waals surface area contributed by atoms with Gasteiger partial charge >= 0.3 is 0 Å². The predicted octanol–water partition coefficient (Wildman–Crippen LogP) is 1.50. The Labute approximate surface area is 80.0 Å². The molecule has 0 saturated heterocycles. The van der Waals surface area contributed by atoms with E-state index in [-0.39, 0.29) is 0 Å². The van der Waals surface area contributed by atoms with Crippen LogP contribution in [0.2, 0.25) is 5.02 Å². The molecule has 0 saturated carbocycles. The highest BCUT2D eigenvalue weighted by atomic mass is 35.5. The van der Waals surface area contributed by atoms with Gasteiger partial charge in [0.15, 0.2) is 0 Å². The average molecular weight is 195 g/mol. The van der Waals surface area contributed by atoms with Crippen LogP contribution in [0.5, 0.6) is 0 Å². The molecule has 2 heterocycles. The molecular weight excluding hydrogens is 188 g/mol. The lowest BCUT2D eigenvalue weighted by molar-refractivity contribution is 0.883. The molecule has 0 atom stereocenters. The Balaban J connectivity index is 2.52. The summed E-state index contributed by atoms with van der Waals surface area (Å²) in [5, 5.41) is 4.57. The Bertz CT molecular complexity index is 424. The highest BCUT2D eigenvalue weighted by molar-refractivity contribution is 6.32. The number of pyridine rings is 1. The highest BCUT2D eigenvalue weighted by Gasteiger charge is 2.02. The number of hydrogen-bond donors (Lipinski definition) is 1. The summed E-state index contributed by atoms with van der Waals surface area (Å²) in [5.41, 5.74) is 6.25. The van der Waals surface area contributed by atoms with Crippen molar-refractivity contribution in [1.29, 1.82) is 0 Å². The number of hydrogen-bond acceptors (Lipinski definition) is 3. The van der Waals surface area contributed by atoms with E-state index in [2.05, 4.69) is 10.1 Å². The number of nitrogens with two attached hydrogens (primary N) is 1. The molecule has 0 aromatic carbocycles. The molecule has 0 amide bonds. The largest absolute Gasteiger partial charge is 0.382 e. The minimum Gasteiger partial charge on any atom is -0.382 e. The maximum Gasteiger partial charge on any atom is 0.145 e. The average Bonchev–Trinajstić information content (AvgIpc) is 2.53. The lowest BCUT2D eigenvalue weighted by atomic mass is 10.4. The van der Waals surface area contributed by atoms with Crippen molar-refractivity contribution in [3.63, 3.8) is 0 Å². The fourth-order valence-electron chi connectivity index (χ4n) is 1.03. The zero-order valence-electron chi connectivity index (χ0n) is 6.68.